The Morgan fingerprint density at radius 2 is 1.87 bits per heavy atom. The van der Waals surface area contributed by atoms with E-state index < -0.39 is 10.0 Å². The van der Waals surface area contributed by atoms with Crippen LogP contribution in [0.3, 0.4) is 0 Å². The van der Waals surface area contributed by atoms with Crippen molar-refractivity contribution >= 4 is 10.0 Å². The van der Waals surface area contributed by atoms with Gasteiger partial charge in [0.25, 0.3) is 5.56 Å². The van der Waals surface area contributed by atoms with Gasteiger partial charge in [-0.3, -0.25) is 4.79 Å². The van der Waals surface area contributed by atoms with Crippen LogP contribution < -0.4 is 5.56 Å². The molecule has 6 heteroatoms. The van der Waals surface area contributed by atoms with Crippen molar-refractivity contribution in [2.24, 2.45) is 0 Å². The number of rotatable bonds is 3. The highest BCUT2D eigenvalue weighted by atomic mass is 32.2. The van der Waals surface area contributed by atoms with Crippen LogP contribution in [-0.4, -0.2) is 24.3 Å². The van der Waals surface area contributed by atoms with Gasteiger partial charge in [0.1, 0.15) is 0 Å². The van der Waals surface area contributed by atoms with Gasteiger partial charge in [-0.2, -0.15) is 4.31 Å². The Morgan fingerprint density at radius 1 is 1.17 bits per heavy atom. The molecular weight excluding hydrogens is 312 g/mol. The molecule has 0 bridgehead atoms. The van der Waals surface area contributed by atoms with Gasteiger partial charge in [-0.1, -0.05) is 17.7 Å². The Morgan fingerprint density at radius 3 is 2.52 bits per heavy atom. The van der Waals surface area contributed by atoms with Crippen LogP contribution in [0.4, 0.5) is 0 Å². The second-order valence-corrected chi connectivity index (χ2v) is 7.92. The maximum Gasteiger partial charge on any atom is 0.250 e. The van der Waals surface area contributed by atoms with Crippen LogP contribution in [-0.2, 0) is 10.0 Å². The van der Waals surface area contributed by atoms with Crippen molar-refractivity contribution in [2.45, 2.75) is 37.6 Å². The molecule has 1 aliphatic heterocycles. The van der Waals surface area contributed by atoms with Crippen molar-refractivity contribution in [1.29, 1.82) is 0 Å². The van der Waals surface area contributed by atoms with Crippen molar-refractivity contribution < 1.29 is 8.42 Å². The predicted octanol–water partition coefficient (Wildman–Crippen LogP) is 2.52. The Hall–Kier alpha value is -1.92. The number of aromatic amines is 1. The summed E-state index contributed by atoms with van der Waals surface area (Å²) in [6, 6.07) is 8.48. The Balaban J connectivity index is 1.99. The number of sulfonamides is 1. The van der Waals surface area contributed by atoms with Crippen molar-refractivity contribution in [2.75, 3.05) is 6.54 Å². The van der Waals surface area contributed by atoms with E-state index in [0.29, 0.717) is 17.0 Å². The molecule has 0 aliphatic carbocycles. The summed E-state index contributed by atoms with van der Waals surface area (Å²) < 4.78 is 27.4. The van der Waals surface area contributed by atoms with Gasteiger partial charge in [-0.15, -0.1) is 0 Å². The molecule has 1 aromatic heterocycles. The zero-order valence-corrected chi connectivity index (χ0v) is 14.1. The first-order chi connectivity index (χ1) is 10.9. The quantitative estimate of drug-likeness (QED) is 0.939. The van der Waals surface area contributed by atoms with E-state index in [0.717, 1.165) is 24.0 Å². The van der Waals surface area contributed by atoms with Crippen LogP contribution in [0.25, 0.3) is 0 Å². The SMILES string of the molecule is Cc1ccc(S(=O)(=O)N2CCC[C@@H]2c2c[nH]c(=O)c(C)c2)cc1. The number of benzene rings is 1. The monoisotopic (exact) mass is 332 g/mol. The van der Waals surface area contributed by atoms with E-state index in [1.807, 2.05) is 19.1 Å². The minimum absolute atomic E-state index is 0.139. The molecule has 2 aromatic rings. The lowest BCUT2D eigenvalue weighted by Gasteiger charge is -2.24. The molecule has 1 fully saturated rings. The molecule has 1 atom stereocenters. The summed E-state index contributed by atoms with van der Waals surface area (Å²) in [5.74, 6) is 0. The molecule has 1 N–H and O–H groups in total. The van der Waals surface area contributed by atoms with Crippen LogP contribution in [0.15, 0.2) is 46.2 Å². The predicted molar refractivity (Wildman–Crippen MR) is 88.8 cm³/mol. The van der Waals surface area contributed by atoms with E-state index in [1.54, 1.807) is 35.6 Å². The number of aryl methyl sites for hydroxylation is 2. The number of H-pyrrole nitrogens is 1. The third-order valence-electron chi connectivity index (χ3n) is 4.33. The molecule has 0 spiro atoms. The van der Waals surface area contributed by atoms with Crippen LogP contribution in [0, 0.1) is 13.8 Å². The number of aromatic nitrogens is 1. The molecular formula is C17H20N2O3S. The average molecular weight is 332 g/mol. The van der Waals surface area contributed by atoms with Crippen LogP contribution >= 0.6 is 0 Å². The molecule has 23 heavy (non-hydrogen) atoms. The highest BCUT2D eigenvalue weighted by Crippen LogP contribution is 2.36. The number of pyridine rings is 1. The van der Waals surface area contributed by atoms with Crippen molar-refractivity contribution in [3.8, 4) is 0 Å². The molecule has 5 nitrogen and oxygen atoms in total. The number of hydrogen-bond donors (Lipinski definition) is 1. The van der Waals surface area contributed by atoms with E-state index in [9.17, 15) is 13.2 Å². The fourth-order valence-electron chi connectivity index (χ4n) is 3.02. The molecule has 2 heterocycles. The zero-order valence-electron chi connectivity index (χ0n) is 13.2. The Kier molecular flexibility index (Phi) is 4.12. The normalized spacial score (nSPS) is 19.1. The molecule has 1 saturated heterocycles. The lowest BCUT2D eigenvalue weighted by atomic mass is 10.1. The first-order valence-corrected chi connectivity index (χ1v) is 9.11. The van der Waals surface area contributed by atoms with E-state index in [4.69, 9.17) is 0 Å². The summed E-state index contributed by atoms with van der Waals surface area (Å²) in [6.45, 7) is 4.16. The largest absolute Gasteiger partial charge is 0.329 e. The van der Waals surface area contributed by atoms with Crippen LogP contribution in [0.1, 0.15) is 35.6 Å². The molecule has 0 saturated carbocycles. The summed E-state index contributed by atoms with van der Waals surface area (Å²) in [4.78, 5) is 14.5. The first kappa shape index (κ1) is 16.0. The first-order valence-electron chi connectivity index (χ1n) is 7.67. The van der Waals surface area contributed by atoms with E-state index >= 15 is 0 Å². The fourth-order valence-corrected chi connectivity index (χ4v) is 4.70. The lowest BCUT2D eigenvalue weighted by Crippen LogP contribution is -2.31. The smallest absolute Gasteiger partial charge is 0.250 e. The second-order valence-electron chi connectivity index (χ2n) is 6.03. The summed E-state index contributed by atoms with van der Waals surface area (Å²) in [5, 5.41) is 0. The van der Waals surface area contributed by atoms with Gasteiger partial charge in [0.2, 0.25) is 10.0 Å². The van der Waals surface area contributed by atoms with Gasteiger partial charge < -0.3 is 4.98 Å². The molecule has 0 unspecified atom stereocenters. The van der Waals surface area contributed by atoms with Gasteiger partial charge in [0.05, 0.1) is 10.9 Å². The molecule has 1 aliphatic rings. The molecule has 0 amide bonds. The van der Waals surface area contributed by atoms with Gasteiger partial charge in [-0.05, 0) is 50.5 Å². The highest BCUT2D eigenvalue weighted by Gasteiger charge is 2.36. The van der Waals surface area contributed by atoms with Crippen molar-refractivity contribution in [1.82, 2.24) is 9.29 Å². The minimum atomic E-state index is -3.53. The molecule has 122 valence electrons. The van der Waals surface area contributed by atoms with E-state index in [-0.39, 0.29) is 11.6 Å². The van der Waals surface area contributed by atoms with E-state index in [1.165, 1.54) is 0 Å². The van der Waals surface area contributed by atoms with Crippen molar-refractivity contribution in [3.63, 3.8) is 0 Å². The maximum atomic E-state index is 12.9. The summed E-state index contributed by atoms with van der Waals surface area (Å²) in [5.41, 5.74) is 2.33. The van der Waals surface area contributed by atoms with Gasteiger partial charge in [0, 0.05) is 18.3 Å². The second kappa shape index (κ2) is 5.94. The minimum Gasteiger partial charge on any atom is -0.329 e. The average Bonchev–Trinajstić information content (AvgIpc) is 3.01. The van der Waals surface area contributed by atoms with Crippen LogP contribution in [0.2, 0.25) is 0 Å². The number of nitrogens with one attached hydrogen (secondary N) is 1. The molecule has 3 rings (SSSR count). The zero-order chi connectivity index (χ0) is 16.6. The number of hydrogen-bond acceptors (Lipinski definition) is 3. The van der Waals surface area contributed by atoms with Crippen LogP contribution in [0.5, 0.6) is 0 Å². The standard InChI is InChI=1S/C17H20N2O3S/c1-12-5-7-15(8-6-12)23(21,22)19-9-3-4-16(19)14-10-13(2)17(20)18-11-14/h5-8,10-11,16H,3-4,9H2,1-2H3,(H,18,20)/t16-/m1/s1. The topological polar surface area (TPSA) is 70.2 Å². The third kappa shape index (κ3) is 2.96. The van der Waals surface area contributed by atoms with Gasteiger partial charge in [0.15, 0.2) is 0 Å². The molecule has 0 radical (unpaired) electrons. The van der Waals surface area contributed by atoms with E-state index in [2.05, 4.69) is 4.98 Å². The third-order valence-corrected chi connectivity index (χ3v) is 6.25. The molecule has 1 aromatic carbocycles. The Labute approximate surface area is 136 Å². The summed E-state index contributed by atoms with van der Waals surface area (Å²) in [7, 11) is -3.53. The van der Waals surface area contributed by atoms with Gasteiger partial charge in [-0.25, -0.2) is 8.42 Å². The summed E-state index contributed by atoms with van der Waals surface area (Å²) in [6.07, 6.45) is 3.20. The lowest BCUT2D eigenvalue weighted by molar-refractivity contribution is 0.396. The fraction of sp³-hybridized carbons (Fsp3) is 0.353. The number of nitrogens with zero attached hydrogens (tertiary/aromatic N) is 1. The van der Waals surface area contributed by atoms with Gasteiger partial charge >= 0.3 is 0 Å². The maximum absolute atomic E-state index is 12.9. The Bertz CT molecular complexity index is 869. The van der Waals surface area contributed by atoms with Crippen molar-refractivity contribution in [3.05, 3.63) is 63.6 Å². The highest BCUT2D eigenvalue weighted by molar-refractivity contribution is 7.89. The summed E-state index contributed by atoms with van der Waals surface area (Å²) >= 11 is 0.